The molecule has 0 heterocycles. The Kier molecular flexibility index (Phi) is 4.23. The van der Waals surface area contributed by atoms with Gasteiger partial charge >= 0.3 is 0 Å². The summed E-state index contributed by atoms with van der Waals surface area (Å²) in [5.74, 6) is 0. The van der Waals surface area contributed by atoms with Crippen molar-refractivity contribution >= 4 is 11.4 Å². The van der Waals surface area contributed by atoms with E-state index in [9.17, 15) is 0 Å². The lowest BCUT2D eigenvalue weighted by Crippen LogP contribution is -2.16. The maximum atomic E-state index is 6.21. The molecule has 0 radical (unpaired) electrons. The van der Waals surface area contributed by atoms with Crippen LogP contribution in [0.1, 0.15) is 30.5 Å². The first-order chi connectivity index (χ1) is 9.13. The average Bonchev–Trinajstić information content (AvgIpc) is 2.45. The van der Waals surface area contributed by atoms with E-state index >= 15 is 0 Å². The Morgan fingerprint density at radius 3 is 2.53 bits per heavy atom. The van der Waals surface area contributed by atoms with Crippen molar-refractivity contribution in [2.24, 2.45) is 5.73 Å². The summed E-state index contributed by atoms with van der Waals surface area (Å²) in [4.78, 5) is 2.21. The van der Waals surface area contributed by atoms with Crippen LogP contribution in [0.5, 0.6) is 0 Å². The van der Waals surface area contributed by atoms with Crippen LogP contribution in [0, 0.1) is 6.92 Å². The molecular weight excluding hydrogens is 232 g/mol. The number of hydrogen-bond acceptors (Lipinski definition) is 2. The van der Waals surface area contributed by atoms with Gasteiger partial charge in [0.1, 0.15) is 0 Å². The van der Waals surface area contributed by atoms with Crippen molar-refractivity contribution in [3.63, 3.8) is 0 Å². The minimum atomic E-state index is 0.0865. The second-order valence-corrected chi connectivity index (χ2v) is 4.97. The number of nitrogens with zero attached hydrogens (tertiary/aromatic N) is 1. The molecule has 2 N–H and O–H groups in total. The normalized spacial score (nSPS) is 12.2. The molecule has 0 fully saturated rings. The zero-order valence-electron chi connectivity index (χ0n) is 11.9. The summed E-state index contributed by atoms with van der Waals surface area (Å²) >= 11 is 0. The number of rotatable bonds is 4. The molecule has 0 aliphatic rings. The van der Waals surface area contributed by atoms with Gasteiger partial charge in [0.05, 0.1) is 0 Å². The predicted molar refractivity (Wildman–Crippen MR) is 82.9 cm³/mol. The molecule has 2 rings (SSSR count). The molecule has 19 heavy (non-hydrogen) atoms. The van der Waals surface area contributed by atoms with Gasteiger partial charge in [-0.25, -0.2) is 0 Å². The topological polar surface area (TPSA) is 29.3 Å². The summed E-state index contributed by atoms with van der Waals surface area (Å²) in [5.41, 5.74) is 11.1. The Morgan fingerprint density at radius 1 is 1.11 bits per heavy atom. The number of anilines is 2. The average molecular weight is 254 g/mol. The first-order valence-electron chi connectivity index (χ1n) is 6.78. The van der Waals surface area contributed by atoms with E-state index in [0.717, 1.165) is 6.42 Å². The molecule has 0 aromatic heterocycles. The summed E-state index contributed by atoms with van der Waals surface area (Å²) in [7, 11) is 2.09. The van der Waals surface area contributed by atoms with Gasteiger partial charge in [-0.05, 0) is 42.7 Å². The molecule has 0 bridgehead atoms. The molecular formula is C17H22N2. The Morgan fingerprint density at radius 2 is 1.84 bits per heavy atom. The van der Waals surface area contributed by atoms with Gasteiger partial charge in [0.25, 0.3) is 0 Å². The monoisotopic (exact) mass is 254 g/mol. The van der Waals surface area contributed by atoms with E-state index < -0.39 is 0 Å². The molecule has 100 valence electrons. The fraction of sp³-hybridized carbons (Fsp3) is 0.294. The molecule has 0 aliphatic heterocycles. The van der Waals surface area contributed by atoms with Gasteiger partial charge in [0.2, 0.25) is 0 Å². The SMILES string of the molecule is CC[C@H](N)c1ccccc1N(C)c1cccc(C)c1. The van der Waals surface area contributed by atoms with Crippen LogP contribution in [0.3, 0.4) is 0 Å². The van der Waals surface area contributed by atoms with E-state index in [2.05, 4.69) is 74.3 Å². The Labute approximate surface area is 115 Å². The van der Waals surface area contributed by atoms with E-state index in [1.54, 1.807) is 0 Å². The van der Waals surface area contributed by atoms with Crippen molar-refractivity contribution in [2.45, 2.75) is 26.3 Å². The molecule has 0 unspecified atom stereocenters. The van der Waals surface area contributed by atoms with E-state index in [4.69, 9.17) is 5.73 Å². The second-order valence-electron chi connectivity index (χ2n) is 4.97. The van der Waals surface area contributed by atoms with Crippen molar-refractivity contribution in [1.82, 2.24) is 0 Å². The lowest BCUT2D eigenvalue weighted by atomic mass is 10.0. The highest BCUT2D eigenvalue weighted by atomic mass is 15.1. The van der Waals surface area contributed by atoms with Gasteiger partial charge in [-0.1, -0.05) is 37.3 Å². The Balaban J connectivity index is 2.41. The minimum absolute atomic E-state index is 0.0865. The van der Waals surface area contributed by atoms with Crippen molar-refractivity contribution < 1.29 is 0 Å². The van der Waals surface area contributed by atoms with Gasteiger partial charge < -0.3 is 10.6 Å². The largest absolute Gasteiger partial charge is 0.344 e. The number of nitrogens with two attached hydrogens (primary N) is 1. The lowest BCUT2D eigenvalue weighted by molar-refractivity contribution is 0.698. The molecule has 0 amide bonds. The second kappa shape index (κ2) is 5.89. The number of para-hydroxylation sites is 1. The van der Waals surface area contributed by atoms with Crippen molar-refractivity contribution in [3.05, 3.63) is 59.7 Å². The van der Waals surface area contributed by atoms with Gasteiger partial charge in [-0.2, -0.15) is 0 Å². The van der Waals surface area contributed by atoms with Crippen molar-refractivity contribution in [2.75, 3.05) is 11.9 Å². The molecule has 0 spiro atoms. The number of benzene rings is 2. The van der Waals surface area contributed by atoms with Crippen LogP contribution in [-0.2, 0) is 0 Å². The minimum Gasteiger partial charge on any atom is -0.344 e. The molecule has 1 atom stereocenters. The third-order valence-corrected chi connectivity index (χ3v) is 3.53. The van der Waals surface area contributed by atoms with Crippen LogP contribution >= 0.6 is 0 Å². The maximum absolute atomic E-state index is 6.21. The first kappa shape index (κ1) is 13.6. The number of hydrogen-bond donors (Lipinski definition) is 1. The first-order valence-corrected chi connectivity index (χ1v) is 6.78. The predicted octanol–water partition coefficient (Wildman–Crippen LogP) is 4.17. The van der Waals surface area contributed by atoms with E-state index in [-0.39, 0.29) is 6.04 Å². The molecule has 2 nitrogen and oxygen atoms in total. The number of aryl methyl sites for hydroxylation is 1. The van der Waals surface area contributed by atoms with E-state index in [1.807, 2.05) is 0 Å². The summed E-state index contributed by atoms with van der Waals surface area (Å²) in [5, 5.41) is 0. The van der Waals surface area contributed by atoms with Crippen LogP contribution in [0.4, 0.5) is 11.4 Å². The lowest BCUT2D eigenvalue weighted by Gasteiger charge is -2.25. The summed E-state index contributed by atoms with van der Waals surface area (Å²) in [6.07, 6.45) is 0.943. The van der Waals surface area contributed by atoms with Gasteiger partial charge in [0, 0.05) is 24.5 Å². The summed E-state index contributed by atoms with van der Waals surface area (Å²) in [6.45, 7) is 4.23. The smallest absolute Gasteiger partial charge is 0.0456 e. The van der Waals surface area contributed by atoms with Crippen LogP contribution < -0.4 is 10.6 Å². The van der Waals surface area contributed by atoms with Crippen molar-refractivity contribution in [1.29, 1.82) is 0 Å². The molecule has 2 heteroatoms. The Bertz CT molecular complexity index is 548. The van der Waals surface area contributed by atoms with E-state index in [1.165, 1.54) is 22.5 Å². The summed E-state index contributed by atoms with van der Waals surface area (Å²) in [6, 6.07) is 17.0. The maximum Gasteiger partial charge on any atom is 0.0456 e. The van der Waals surface area contributed by atoms with Gasteiger partial charge in [-0.15, -0.1) is 0 Å². The molecule has 2 aromatic rings. The fourth-order valence-electron chi connectivity index (χ4n) is 2.30. The van der Waals surface area contributed by atoms with Crippen LogP contribution in [0.2, 0.25) is 0 Å². The third kappa shape index (κ3) is 2.96. The van der Waals surface area contributed by atoms with Crippen LogP contribution in [-0.4, -0.2) is 7.05 Å². The molecule has 0 aliphatic carbocycles. The van der Waals surface area contributed by atoms with E-state index in [0.29, 0.717) is 0 Å². The fourth-order valence-corrected chi connectivity index (χ4v) is 2.30. The highest BCUT2D eigenvalue weighted by molar-refractivity contribution is 5.66. The molecule has 2 aromatic carbocycles. The standard InChI is InChI=1S/C17H22N2/c1-4-16(18)15-10-5-6-11-17(15)19(3)14-9-7-8-13(2)12-14/h5-12,16H,4,18H2,1-3H3/t16-/m0/s1. The third-order valence-electron chi connectivity index (χ3n) is 3.53. The van der Waals surface area contributed by atoms with Crippen LogP contribution in [0.15, 0.2) is 48.5 Å². The molecule has 0 saturated heterocycles. The summed E-state index contributed by atoms with van der Waals surface area (Å²) < 4.78 is 0. The quantitative estimate of drug-likeness (QED) is 0.887. The highest BCUT2D eigenvalue weighted by Crippen LogP contribution is 2.31. The van der Waals surface area contributed by atoms with Gasteiger partial charge in [-0.3, -0.25) is 0 Å². The van der Waals surface area contributed by atoms with Crippen LogP contribution in [0.25, 0.3) is 0 Å². The molecule has 0 saturated carbocycles. The van der Waals surface area contributed by atoms with Gasteiger partial charge in [0.15, 0.2) is 0 Å². The Hall–Kier alpha value is -1.80. The highest BCUT2D eigenvalue weighted by Gasteiger charge is 2.13. The zero-order chi connectivity index (χ0) is 13.8. The van der Waals surface area contributed by atoms with Crippen molar-refractivity contribution in [3.8, 4) is 0 Å². The zero-order valence-corrected chi connectivity index (χ0v) is 11.9.